The monoisotopic (exact) mass is 264 g/mol. The van der Waals surface area contributed by atoms with E-state index in [-0.39, 0.29) is 0 Å². The Hall–Kier alpha value is -0.900. The van der Waals surface area contributed by atoms with Crippen LogP contribution in [0.3, 0.4) is 0 Å². The van der Waals surface area contributed by atoms with Crippen molar-refractivity contribution < 1.29 is 0 Å². The Kier molecular flexibility index (Phi) is 4.61. The van der Waals surface area contributed by atoms with E-state index in [0.717, 1.165) is 24.6 Å². The average Bonchev–Trinajstić information content (AvgIpc) is 2.90. The number of aryl methyl sites for hydroxylation is 1. The maximum absolute atomic E-state index is 4.26. The number of nitrogens with one attached hydrogen (secondary N) is 1. The van der Waals surface area contributed by atoms with Gasteiger partial charge in [-0.1, -0.05) is 32.4 Å². The Bertz CT molecular complexity index is 397. The van der Waals surface area contributed by atoms with Gasteiger partial charge in [-0.15, -0.1) is 5.10 Å². The van der Waals surface area contributed by atoms with Gasteiger partial charge in [0.05, 0.1) is 5.69 Å². The molecule has 1 saturated carbocycles. The normalized spacial score (nSPS) is 23.7. The minimum absolute atomic E-state index is 0.452. The van der Waals surface area contributed by atoms with E-state index < -0.39 is 0 Å². The maximum Gasteiger partial charge on any atom is 0.0842 e. The van der Waals surface area contributed by atoms with Gasteiger partial charge in [0, 0.05) is 25.7 Å². The lowest BCUT2D eigenvalue weighted by Gasteiger charge is -2.34. The van der Waals surface area contributed by atoms with Crippen molar-refractivity contribution in [3.8, 4) is 0 Å². The van der Waals surface area contributed by atoms with E-state index in [9.17, 15) is 0 Å². The van der Waals surface area contributed by atoms with Gasteiger partial charge >= 0.3 is 0 Å². The van der Waals surface area contributed by atoms with Gasteiger partial charge in [-0.25, -0.2) is 0 Å². The van der Waals surface area contributed by atoms with E-state index in [4.69, 9.17) is 0 Å². The summed E-state index contributed by atoms with van der Waals surface area (Å²) in [6, 6.07) is 0.536. The first-order valence-corrected chi connectivity index (χ1v) is 7.61. The minimum atomic E-state index is 0.452. The zero-order chi connectivity index (χ0) is 13.9. The third-order valence-corrected chi connectivity index (χ3v) is 4.56. The summed E-state index contributed by atoms with van der Waals surface area (Å²) < 4.78 is 1.80. The summed E-state index contributed by atoms with van der Waals surface area (Å²) in [5.74, 6) is 0.751. The molecule has 2 atom stereocenters. The van der Waals surface area contributed by atoms with Crippen LogP contribution in [0.4, 0.5) is 0 Å². The Labute approximate surface area is 117 Å². The number of nitrogens with zero attached hydrogens (tertiary/aromatic N) is 3. The molecule has 0 spiro atoms. The van der Waals surface area contributed by atoms with Crippen LogP contribution in [0.2, 0.25) is 0 Å². The second kappa shape index (κ2) is 6.04. The van der Waals surface area contributed by atoms with Crippen molar-refractivity contribution in [2.75, 3.05) is 6.54 Å². The molecule has 0 amide bonds. The molecular formula is C15H28N4. The molecule has 1 aromatic heterocycles. The third-order valence-electron chi connectivity index (χ3n) is 4.56. The highest BCUT2D eigenvalue weighted by Crippen LogP contribution is 2.44. The molecule has 0 aromatic carbocycles. The van der Waals surface area contributed by atoms with Crippen molar-refractivity contribution in [3.05, 3.63) is 11.9 Å². The molecule has 0 radical (unpaired) electrons. The van der Waals surface area contributed by atoms with Gasteiger partial charge in [0.15, 0.2) is 0 Å². The molecule has 2 rings (SSSR count). The molecule has 4 nitrogen and oxygen atoms in total. The Morgan fingerprint density at radius 2 is 2.32 bits per heavy atom. The SMILES string of the molecule is CCCNC(Cc1cn(C)nn1)C1CCCC1(C)C. The van der Waals surface area contributed by atoms with E-state index in [2.05, 4.69) is 36.4 Å². The van der Waals surface area contributed by atoms with E-state index in [1.54, 1.807) is 4.68 Å². The lowest BCUT2D eigenvalue weighted by atomic mass is 9.76. The summed E-state index contributed by atoms with van der Waals surface area (Å²) in [5.41, 5.74) is 1.56. The second-order valence-electron chi connectivity index (χ2n) is 6.64. The Morgan fingerprint density at radius 3 is 2.84 bits per heavy atom. The fraction of sp³-hybridized carbons (Fsp3) is 0.867. The molecule has 1 N–H and O–H groups in total. The molecule has 2 unspecified atom stereocenters. The summed E-state index contributed by atoms with van der Waals surface area (Å²) in [5, 5.41) is 12.1. The molecule has 1 aliphatic rings. The first-order valence-electron chi connectivity index (χ1n) is 7.61. The zero-order valence-corrected chi connectivity index (χ0v) is 12.8. The molecule has 1 aromatic rings. The number of aromatic nitrogens is 3. The van der Waals surface area contributed by atoms with E-state index in [1.165, 1.54) is 25.7 Å². The minimum Gasteiger partial charge on any atom is -0.313 e. The first-order chi connectivity index (χ1) is 9.03. The molecule has 4 heteroatoms. The first kappa shape index (κ1) is 14.5. The molecule has 1 fully saturated rings. The van der Waals surface area contributed by atoms with Crippen molar-refractivity contribution >= 4 is 0 Å². The summed E-state index contributed by atoms with van der Waals surface area (Å²) in [6.07, 6.45) is 8.29. The molecule has 1 heterocycles. The summed E-state index contributed by atoms with van der Waals surface area (Å²) >= 11 is 0. The molecule has 19 heavy (non-hydrogen) atoms. The van der Waals surface area contributed by atoms with Gasteiger partial charge in [-0.2, -0.15) is 0 Å². The average molecular weight is 264 g/mol. The molecule has 108 valence electrons. The Balaban J connectivity index is 2.07. The van der Waals surface area contributed by atoms with Crippen LogP contribution in [0.25, 0.3) is 0 Å². The Morgan fingerprint density at radius 1 is 1.53 bits per heavy atom. The fourth-order valence-electron chi connectivity index (χ4n) is 3.50. The van der Waals surface area contributed by atoms with Crippen LogP contribution in [0.15, 0.2) is 6.20 Å². The van der Waals surface area contributed by atoms with Crippen LogP contribution in [-0.2, 0) is 13.5 Å². The molecular weight excluding hydrogens is 236 g/mol. The van der Waals surface area contributed by atoms with Crippen molar-refractivity contribution in [2.24, 2.45) is 18.4 Å². The third kappa shape index (κ3) is 3.56. The number of hydrogen-bond acceptors (Lipinski definition) is 3. The van der Waals surface area contributed by atoms with Crippen LogP contribution >= 0.6 is 0 Å². The molecule has 0 bridgehead atoms. The van der Waals surface area contributed by atoms with Gasteiger partial charge in [-0.05, 0) is 37.1 Å². The van der Waals surface area contributed by atoms with Crippen molar-refractivity contribution in [2.45, 2.75) is 58.9 Å². The standard InChI is InChI=1S/C15H28N4/c1-5-9-16-14(10-12-11-19(4)18-17-12)13-7-6-8-15(13,2)3/h11,13-14,16H,5-10H2,1-4H3. The maximum atomic E-state index is 4.26. The highest BCUT2D eigenvalue weighted by molar-refractivity contribution is 5.01. The van der Waals surface area contributed by atoms with Crippen molar-refractivity contribution in [1.29, 1.82) is 0 Å². The summed E-state index contributed by atoms with van der Waals surface area (Å²) in [6.45, 7) is 8.16. The summed E-state index contributed by atoms with van der Waals surface area (Å²) in [7, 11) is 1.94. The number of hydrogen-bond donors (Lipinski definition) is 1. The molecule has 0 saturated heterocycles. The predicted octanol–water partition coefficient (Wildman–Crippen LogP) is 2.55. The highest BCUT2D eigenvalue weighted by atomic mass is 15.4. The van der Waals surface area contributed by atoms with Gasteiger partial charge < -0.3 is 5.32 Å². The lowest BCUT2D eigenvalue weighted by molar-refractivity contribution is 0.195. The van der Waals surface area contributed by atoms with Crippen LogP contribution in [-0.4, -0.2) is 27.6 Å². The van der Waals surface area contributed by atoms with Gasteiger partial charge in [0.2, 0.25) is 0 Å². The largest absolute Gasteiger partial charge is 0.313 e. The number of rotatable bonds is 6. The van der Waals surface area contributed by atoms with Crippen LogP contribution in [0, 0.1) is 11.3 Å². The van der Waals surface area contributed by atoms with Gasteiger partial charge in [0.25, 0.3) is 0 Å². The fourth-order valence-corrected chi connectivity index (χ4v) is 3.50. The van der Waals surface area contributed by atoms with E-state index >= 15 is 0 Å². The highest BCUT2D eigenvalue weighted by Gasteiger charge is 2.39. The van der Waals surface area contributed by atoms with Crippen LogP contribution < -0.4 is 5.32 Å². The summed E-state index contributed by atoms with van der Waals surface area (Å²) in [4.78, 5) is 0. The predicted molar refractivity (Wildman–Crippen MR) is 77.9 cm³/mol. The van der Waals surface area contributed by atoms with Crippen LogP contribution in [0.1, 0.15) is 52.1 Å². The topological polar surface area (TPSA) is 42.7 Å². The quantitative estimate of drug-likeness (QED) is 0.858. The lowest BCUT2D eigenvalue weighted by Crippen LogP contribution is -2.42. The second-order valence-corrected chi connectivity index (χ2v) is 6.64. The van der Waals surface area contributed by atoms with Crippen LogP contribution in [0.5, 0.6) is 0 Å². The molecule has 1 aliphatic carbocycles. The van der Waals surface area contributed by atoms with Gasteiger partial charge in [0.1, 0.15) is 0 Å². The van der Waals surface area contributed by atoms with E-state index in [0.29, 0.717) is 11.5 Å². The van der Waals surface area contributed by atoms with Crippen molar-refractivity contribution in [3.63, 3.8) is 0 Å². The van der Waals surface area contributed by atoms with Crippen molar-refractivity contribution in [1.82, 2.24) is 20.3 Å². The smallest absolute Gasteiger partial charge is 0.0842 e. The molecule has 0 aliphatic heterocycles. The van der Waals surface area contributed by atoms with Gasteiger partial charge in [-0.3, -0.25) is 4.68 Å². The van der Waals surface area contributed by atoms with E-state index in [1.807, 2.05) is 13.2 Å². The zero-order valence-electron chi connectivity index (χ0n) is 12.8.